The van der Waals surface area contributed by atoms with Crippen LogP contribution in [-0.2, 0) is 4.79 Å². The Morgan fingerprint density at radius 1 is 1.17 bits per heavy atom. The lowest BCUT2D eigenvalue weighted by Gasteiger charge is -2.25. The summed E-state index contributed by atoms with van der Waals surface area (Å²) in [5.41, 5.74) is 2.26. The van der Waals surface area contributed by atoms with Gasteiger partial charge in [-0.1, -0.05) is 29.3 Å². The summed E-state index contributed by atoms with van der Waals surface area (Å²) in [7, 11) is 0. The zero-order valence-corrected chi connectivity index (χ0v) is 13.4. The molecule has 1 aliphatic carbocycles. The van der Waals surface area contributed by atoms with Crippen molar-refractivity contribution < 1.29 is 9.42 Å². The standard InChI is InChI=1S/C15H12Cl2N4O2/c16-7-4-5-8(9(17)6-7)13-12-10(2-1-3-11(12)22)18-14-15(19-13)21-23-20-14/h4-6,13H,1-3H2,(H,18,20)(H,19,21)/t13-/m0/s1. The summed E-state index contributed by atoms with van der Waals surface area (Å²) in [6.45, 7) is 0. The molecule has 2 heterocycles. The van der Waals surface area contributed by atoms with Crippen molar-refractivity contribution in [2.75, 3.05) is 10.6 Å². The number of hydrogen-bond donors (Lipinski definition) is 2. The molecule has 0 fully saturated rings. The summed E-state index contributed by atoms with van der Waals surface area (Å²) < 4.78 is 4.78. The number of ketones is 1. The molecular formula is C15H12Cl2N4O2. The molecule has 0 amide bonds. The van der Waals surface area contributed by atoms with Crippen LogP contribution in [0.25, 0.3) is 0 Å². The van der Waals surface area contributed by atoms with Gasteiger partial charge >= 0.3 is 0 Å². The summed E-state index contributed by atoms with van der Waals surface area (Å²) in [5, 5.41) is 15.1. The molecule has 0 saturated heterocycles. The highest BCUT2D eigenvalue weighted by Crippen LogP contribution is 2.41. The summed E-state index contributed by atoms with van der Waals surface area (Å²) in [4.78, 5) is 12.5. The van der Waals surface area contributed by atoms with Crippen LogP contribution in [0.3, 0.4) is 0 Å². The average Bonchev–Trinajstić information content (AvgIpc) is 2.87. The van der Waals surface area contributed by atoms with Crippen molar-refractivity contribution >= 4 is 40.6 Å². The van der Waals surface area contributed by atoms with Crippen molar-refractivity contribution in [1.29, 1.82) is 0 Å². The lowest BCUT2D eigenvalue weighted by atomic mass is 9.87. The van der Waals surface area contributed by atoms with E-state index in [1.54, 1.807) is 12.1 Å². The highest BCUT2D eigenvalue weighted by atomic mass is 35.5. The lowest BCUT2D eigenvalue weighted by molar-refractivity contribution is -0.116. The number of Topliss-reactive ketones (excluding diaryl/α,β-unsaturated/α-hetero) is 1. The Labute approximate surface area is 141 Å². The third kappa shape index (κ3) is 2.48. The van der Waals surface area contributed by atoms with Gasteiger partial charge in [-0.25, -0.2) is 4.63 Å². The van der Waals surface area contributed by atoms with Crippen LogP contribution >= 0.6 is 23.2 Å². The van der Waals surface area contributed by atoms with E-state index in [2.05, 4.69) is 20.9 Å². The lowest BCUT2D eigenvalue weighted by Crippen LogP contribution is -2.24. The van der Waals surface area contributed by atoms with Gasteiger partial charge in [0.15, 0.2) is 5.78 Å². The third-order valence-corrected chi connectivity index (χ3v) is 4.62. The number of carbonyl (C=O) groups excluding carboxylic acids is 1. The normalized spacial score (nSPS) is 20.3. The first-order valence-electron chi connectivity index (χ1n) is 7.21. The first kappa shape index (κ1) is 14.5. The number of allylic oxidation sites excluding steroid dienone is 1. The Morgan fingerprint density at radius 2 is 2.00 bits per heavy atom. The summed E-state index contributed by atoms with van der Waals surface area (Å²) in [5.74, 6) is 1.01. The zero-order valence-electron chi connectivity index (χ0n) is 11.9. The van der Waals surface area contributed by atoms with Gasteiger partial charge in [0.25, 0.3) is 0 Å². The van der Waals surface area contributed by atoms with Crippen molar-refractivity contribution in [1.82, 2.24) is 10.3 Å². The number of halogens is 2. The molecule has 0 bridgehead atoms. The van der Waals surface area contributed by atoms with Gasteiger partial charge in [-0.3, -0.25) is 4.79 Å². The second-order valence-corrected chi connectivity index (χ2v) is 6.34. The molecule has 23 heavy (non-hydrogen) atoms. The van der Waals surface area contributed by atoms with Crippen LogP contribution in [0.4, 0.5) is 11.6 Å². The number of hydrogen-bond acceptors (Lipinski definition) is 6. The maximum atomic E-state index is 12.5. The van der Waals surface area contributed by atoms with Crippen LogP contribution in [0.1, 0.15) is 30.9 Å². The maximum Gasteiger partial charge on any atom is 0.219 e. The number of carbonyl (C=O) groups is 1. The highest BCUT2D eigenvalue weighted by Gasteiger charge is 2.34. The number of rotatable bonds is 1. The van der Waals surface area contributed by atoms with E-state index in [0.29, 0.717) is 33.7 Å². The van der Waals surface area contributed by atoms with Crippen molar-refractivity contribution in [3.63, 3.8) is 0 Å². The smallest absolute Gasteiger partial charge is 0.219 e. The van der Waals surface area contributed by atoms with E-state index in [9.17, 15) is 4.79 Å². The van der Waals surface area contributed by atoms with Gasteiger partial charge in [-0.05, 0) is 40.9 Å². The molecule has 0 saturated carbocycles. The first-order valence-corrected chi connectivity index (χ1v) is 7.96. The Bertz CT molecular complexity index is 831. The van der Waals surface area contributed by atoms with Crippen LogP contribution < -0.4 is 10.6 Å². The van der Waals surface area contributed by atoms with Gasteiger partial charge in [0.1, 0.15) is 0 Å². The molecule has 2 aliphatic rings. The van der Waals surface area contributed by atoms with Crippen molar-refractivity contribution in [3.8, 4) is 0 Å². The summed E-state index contributed by atoms with van der Waals surface area (Å²) in [6, 6.07) is 4.79. The number of nitrogens with one attached hydrogen (secondary N) is 2. The van der Waals surface area contributed by atoms with E-state index in [4.69, 9.17) is 27.8 Å². The highest BCUT2D eigenvalue weighted by molar-refractivity contribution is 6.35. The number of benzene rings is 1. The molecule has 1 atom stereocenters. The molecular weight excluding hydrogens is 339 g/mol. The van der Waals surface area contributed by atoms with Gasteiger partial charge in [-0.15, -0.1) is 0 Å². The van der Waals surface area contributed by atoms with Crippen LogP contribution in [-0.4, -0.2) is 16.1 Å². The Morgan fingerprint density at radius 3 is 2.83 bits per heavy atom. The van der Waals surface area contributed by atoms with Crippen LogP contribution in [0, 0.1) is 0 Å². The van der Waals surface area contributed by atoms with Gasteiger partial charge in [-0.2, -0.15) is 0 Å². The second-order valence-electron chi connectivity index (χ2n) is 5.50. The monoisotopic (exact) mass is 350 g/mol. The van der Waals surface area contributed by atoms with Crippen LogP contribution in [0.2, 0.25) is 10.0 Å². The molecule has 2 aromatic rings. The Hall–Kier alpha value is -2.05. The predicted octanol–water partition coefficient (Wildman–Crippen LogP) is 3.96. The quantitative estimate of drug-likeness (QED) is 0.810. The van der Waals surface area contributed by atoms with E-state index in [1.165, 1.54) is 0 Å². The Balaban J connectivity index is 1.89. The maximum absolute atomic E-state index is 12.5. The SMILES string of the molecule is O=C1CCCC2=C1[C@H](c1ccc(Cl)cc1Cl)Nc1nonc1N2. The van der Waals surface area contributed by atoms with Crippen LogP contribution in [0.5, 0.6) is 0 Å². The summed E-state index contributed by atoms with van der Waals surface area (Å²) in [6.07, 6.45) is 2.07. The number of anilines is 2. The molecule has 0 radical (unpaired) electrons. The molecule has 2 N–H and O–H groups in total. The number of nitrogens with zero attached hydrogens (tertiary/aromatic N) is 2. The van der Waals surface area contributed by atoms with Crippen LogP contribution in [0.15, 0.2) is 34.1 Å². The topological polar surface area (TPSA) is 80.1 Å². The number of aromatic nitrogens is 2. The van der Waals surface area contributed by atoms with Gasteiger partial charge in [0, 0.05) is 27.7 Å². The van der Waals surface area contributed by atoms with E-state index in [-0.39, 0.29) is 5.78 Å². The third-order valence-electron chi connectivity index (χ3n) is 4.06. The van der Waals surface area contributed by atoms with Gasteiger partial charge < -0.3 is 10.6 Å². The van der Waals surface area contributed by atoms with E-state index in [1.807, 2.05) is 6.07 Å². The molecule has 118 valence electrons. The first-order chi connectivity index (χ1) is 11.1. The molecule has 0 unspecified atom stereocenters. The molecule has 1 aromatic carbocycles. The van der Waals surface area contributed by atoms with Gasteiger partial charge in [0.2, 0.25) is 11.6 Å². The fraction of sp³-hybridized carbons (Fsp3) is 0.267. The number of fused-ring (bicyclic) bond motifs is 1. The molecule has 1 aromatic heterocycles. The second kappa shape index (κ2) is 5.54. The minimum Gasteiger partial charge on any atom is -0.353 e. The molecule has 0 spiro atoms. The molecule has 6 nitrogen and oxygen atoms in total. The fourth-order valence-corrected chi connectivity index (χ4v) is 3.53. The molecule has 1 aliphatic heterocycles. The minimum absolute atomic E-state index is 0.0874. The van der Waals surface area contributed by atoms with Gasteiger partial charge in [0.05, 0.1) is 6.04 Å². The van der Waals surface area contributed by atoms with E-state index < -0.39 is 6.04 Å². The average molecular weight is 351 g/mol. The van der Waals surface area contributed by atoms with Crippen molar-refractivity contribution in [2.24, 2.45) is 0 Å². The van der Waals surface area contributed by atoms with Crippen molar-refractivity contribution in [2.45, 2.75) is 25.3 Å². The van der Waals surface area contributed by atoms with Crippen molar-refractivity contribution in [3.05, 3.63) is 45.1 Å². The fourth-order valence-electron chi connectivity index (χ4n) is 3.01. The minimum atomic E-state index is -0.428. The molecule has 4 rings (SSSR count). The Kier molecular flexibility index (Phi) is 3.50. The predicted molar refractivity (Wildman–Crippen MR) is 86.6 cm³/mol. The largest absolute Gasteiger partial charge is 0.353 e. The summed E-state index contributed by atoms with van der Waals surface area (Å²) >= 11 is 12.3. The van der Waals surface area contributed by atoms with E-state index >= 15 is 0 Å². The zero-order chi connectivity index (χ0) is 16.0. The molecule has 8 heteroatoms. The van der Waals surface area contributed by atoms with E-state index in [0.717, 1.165) is 24.1 Å².